The molecule has 0 aliphatic heterocycles. The van der Waals surface area contributed by atoms with Gasteiger partial charge in [-0.2, -0.15) is 0 Å². The van der Waals surface area contributed by atoms with Crippen LogP contribution in [0.3, 0.4) is 0 Å². The van der Waals surface area contributed by atoms with Crippen LogP contribution in [0.1, 0.15) is 46.5 Å². The third-order valence-corrected chi connectivity index (χ3v) is 3.52. The van der Waals surface area contributed by atoms with Gasteiger partial charge >= 0.3 is 0 Å². The molecule has 1 aliphatic rings. The van der Waals surface area contributed by atoms with E-state index in [-0.39, 0.29) is 0 Å². The van der Waals surface area contributed by atoms with Crippen LogP contribution in [0.25, 0.3) is 0 Å². The van der Waals surface area contributed by atoms with E-state index in [1.165, 1.54) is 19.3 Å². The standard InChI is InChI=1S/C13H26N2OS/c1-4-16-9-5-8-14-12(17)15-11-6-7-13(2,3)10-11/h11H,4-10H2,1-3H3,(H2,14,15,17). The summed E-state index contributed by atoms with van der Waals surface area (Å²) in [5.74, 6) is 0. The van der Waals surface area contributed by atoms with Crippen molar-refractivity contribution >= 4 is 17.3 Å². The second-order valence-electron chi connectivity index (χ2n) is 5.55. The van der Waals surface area contributed by atoms with E-state index in [0.29, 0.717) is 11.5 Å². The first-order valence-electron chi connectivity index (χ1n) is 6.65. The fraction of sp³-hybridized carbons (Fsp3) is 0.923. The molecule has 100 valence electrons. The van der Waals surface area contributed by atoms with Crippen LogP contribution in [-0.4, -0.2) is 30.9 Å². The number of rotatable bonds is 6. The summed E-state index contributed by atoms with van der Waals surface area (Å²) in [6, 6.07) is 0.553. The van der Waals surface area contributed by atoms with Gasteiger partial charge in [0.05, 0.1) is 0 Å². The van der Waals surface area contributed by atoms with E-state index in [4.69, 9.17) is 17.0 Å². The number of nitrogens with one attached hydrogen (secondary N) is 2. The fourth-order valence-electron chi connectivity index (χ4n) is 2.32. The van der Waals surface area contributed by atoms with Crippen molar-refractivity contribution in [3.63, 3.8) is 0 Å². The summed E-state index contributed by atoms with van der Waals surface area (Å²) in [6.45, 7) is 9.16. The van der Waals surface area contributed by atoms with Crippen molar-refractivity contribution in [3.05, 3.63) is 0 Å². The van der Waals surface area contributed by atoms with Crippen LogP contribution < -0.4 is 10.6 Å². The first-order chi connectivity index (χ1) is 8.03. The largest absolute Gasteiger partial charge is 0.382 e. The van der Waals surface area contributed by atoms with Crippen LogP contribution >= 0.6 is 12.2 Å². The van der Waals surface area contributed by atoms with Crippen molar-refractivity contribution < 1.29 is 4.74 Å². The Morgan fingerprint density at radius 1 is 1.47 bits per heavy atom. The Hall–Kier alpha value is -0.350. The Bertz CT molecular complexity index is 244. The van der Waals surface area contributed by atoms with Crippen LogP contribution in [0.15, 0.2) is 0 Å². The molecule has 0 aromatic heterocycles. The molecule has 1 aliphatic carbocycles. The van der Waals surface area contributed by atoms with Gasteiger partial charge in [0.15, 0.2) is 5.11 Å². The van der Waals surface area contributed by atoms with Gasteiger partial charge in [0.2, 0.25) is 0 Å². The molecule has 0 heterocycles. The third kappa shape index (κ3) is 6.22. The van der Waals surface area contributed by atoms with Crippen LogP contribution in [0.4, 0.5) is 0 Å². The highest BCUT2D eigenvalue weighted by Gasteiger charge is 2.30. The topological polar surface area (TPSA) is 33.3 Å². The van der Waals surface area contributed by atoms with Crippen molar-refractivity contribution in [2.24, 2.45) is 5.41 Å². The van der Waals surface area contributed by atoms with Crippen LogP contribution in [-0.2, 0) is 4.74 Å². The summed E-state index contributed by atoms with van der Waals surface area (Å²) in [7, 11) is 0. The molecule has 0 spiro atoms. The van der Waals surface area contributed by atoms with Crippen molar-refractivity contribution in [2.45, 2.75) is 52.5 Å². The maximum Gasteiger partial charge on any atom is 0.166 e. The van der Waals surface area contributed by atoms with E-state index < -0.39 is 0 Å². The zero-order chi connectivity index (χ0) is 12.7. The first-order valence-corrected chi connectivity index (χ1v) is 7.06. The Morgan fingerprint density at radius 3 is 2.82 bits per heavy atom. The van der Waals surface area contributed by atoms with Crippen molar-refractivity contribution in [1.82, 2.24) is 10.6 Å². The highest BCUT2D eigenvalue weighted by molar-refractivity contribution is 7.80. The second-order valence-corrected chi connectivity index (χ2v) is 5.96. The van der Waals surface area contributed by atoms with Crippen LogP contribution in [0, 0.1) is 5.41 Å². The number of thiocarbonyl (C=S) groups is 1. The lowest BCUT2D eigenvalue weighted by atomic mass is 9.92. The molecule has 1 atom stereocenters. The highest BCUT2D eigenvalue weighted by atomic mass is 32.1. The average molecular weight is 258 g/mol. The Labute approximate surface area is 111 Å². The summed E-state index contributed by atoms with van der Waals surface area (Å²) in [6.07, 6.45) is 4.74. The van der Waals surface area contributed by atoms with Gasteiger partial charge < -0.3 is 15.4 Å². The lowest BCUT2D eigenvalue weighted by Crippen LogP contribution is -2.41. The highest BCUT2D eigenvalue weighted by Crippen LogP contribution is 2.36. The zero-order valence-electron chi connectivity index (χ0n) is 11.3. The Balaban J connectivity index is 2.05. The summed E-state index contributed by atoms with van der Waals surface area (Å²) >= 11 is 5.28. The third-order valence-electron chi connectivity index (χ3n) is 3.26. The van der Waals surface area contributed by atoms with Gasteiger partial charge in [0, 0.05) is 25.8 Å². The van der Waals surface area contributed by atoms with E-state index in [1.807, 2.05) is 6.92 Å². The quantitative estimate of drug-likeness (QED) is 0.566. The molecule has 1 rings (SSSR count). The molecule has 4 heteroatoms. The van der Waals surface area contributed by atoms with Gasteiger partial charge in [-0.1, -0.05) is 13.8 Å². The van der Waals surface area contributed by atoms with Gasteiger partial charge in [-0.25, -0.2) is 0 Å². The normalized spacial score (nSPS) is 22.4. The second kappa shape index (κ2) is 7.17. The predicted octanol–water partition coefficient (Wildman–Crippen LogP) is 2.46. The molecule has 0 radical (unpaired) electrons. The number of hydrogen-bond donors (Lipinski definition) is 2. The minimum absolute atomic E-state index is 0.474. The molecule has 0 aromatic carbocycles. The fourth-order valence-corrected chi connectivity index (χ4v) is 2.58. The molecule has 0 amide bonds. The molecule has 3 nitrogen and oxygen atoms in total. The Kier molecular flexibility index (Phi) is 6.20. The maximum atomic E-state index is 5.28. The van der Waals surface area contributed by atoms with Gasteiger partial charge in [-0.05, 0) is 50.2 Å². The van der Waals surface area contributed by atoms with E-state index in [0.717, 1.165) is 31.3 Å². The molecule has 0 bridgehead atoms. The predicted molar refractivity (Wildman–Crippen MR) is 76.3 cm³/mol. The monoisotopic (exact) mass is 258 g/mol. The van der Waals surface area contributed by atoms with Crippen LogP contribution in [0.5, 0.6) is 0 Å². The number of ether oxygens (including phenoxy) is 1. The molecule has 2 N–H and O–H groups in total. The minimum Gasteiger partial charge on any atom is -0.382 e. The Morgan fingerprint density at radius 2 is 2.24 bits per heavy atom. The van der Waals surface area contributed by atoms with E-state index in [1.54, 1.807) is 0 Å². The molecule has 1 fully saturated rings. The molecule has 17 heavy (non-hydrogen) atoms. The maximum absolute atomic E-state index is 5.28. The summed E-state index contributed by atoms with van der Waals surface area (Å²) in [4.78, 5) is 0. The molecular weight excluding hydrogens is 232 g/mol. The first kappa shape index (κ1) is 14.7. The van der Waals surface area contributed by atoms with Gasteiger partial charge in [-0.15, -0.1) is 0 Å². The SMILES string of the molecule is CCOCCCNC(=S)NC1CCC(C)(C)C1. The zero-order valence-corrected chi connectivity index (χ0v) is 12.2. The lowest BCUT2D eigenvalue weighted by molar-refractivity contribution is 0.145. The van der Waals surface area contributed by atoms with Gasteiger partial charge in [0.25, 0.3) is 0 Å². The molecule has 1 unspecified atom stereocenters. The van der Waals surface area contributed by atoms with Gasteiger partial charge in [-0.3, -0.25) is 0 Å². The van der Waals surface area contributed by atoms with Gasteiger partial charge in [0.1, 0.15) is 0 Å². The van der Waals surface area contributed by atoms with Crippen molar-refractivity contribution in [1.29, 1.82) is 0 Å². The molecule has 0 aromatic rings. The van der Waals surface area contributed by atoms with E-state index in [9.17, 15) is 0 Å². The van der Waals surface area contributed by atoms with Crippen molar-refractivity contribution in [2.75, 3.05) is 19.8 Å². The average Bonchev–Trinajstić information content (AvgIpc) is 2.57. The minimum atomic E-state index is 0.474. The molecule has 0 saturated heterocycles. The van der Waals surface area contributed by atoms with E-state index in [2.05, 4.69) is 24.5 Å². The summed E-state index contributed by atoms with van der Waals surface area (Å²) in [5, 5.41) is 7.44. The van der Waals surface area contributed by atoms with Crippen molar-refractivity contribution in [3.8, 4) is 0 Å². The number of hydrogen-bond acceptors (Lipinski definition) is 2. The summed E-state index contributed by atoms with van der Waals surface area (Å²) in [5.41, 5.74) is 0.474. The molecular formula is C13H26N2OS. The molecule has 1 saturated carbocycles. The summed E-state index contributed by atoms with van der Waals surface area (Å²) < 4.78 is 5.27. The smallest absolute Gasteiger partial charge is 0.166 e. The van der Waals surface area contributed by atoms with E-state index >= 15 is 0 Å². The van der Waals surface area contributed by atoms with Crippen LogP contribution in [0.2, 0.25) is 0 Å². The lowest BCUT2D eigenvalue weighted by Gasteiger charge is -2.19.